The van der Waals surface area contributed by atoms with Gasteiger partial charge in [-0.15, -0.1) is 0 Å². The summed E-state index contributed by atoms with van der Waals surface area (Å²) in [5, 5.41) is 0. The van der Waals surface area contributed by atoms with Gasteiger partial charge in [0.15, 0.2) is 0 Å². The molecule has 0 aliphatic heterocycles. The number of hydrogen-bond acceptors (Lipinski definition) is 3. The van der Waals surface area contributed by atoms with E-state index in [2.05, 4.69) is 6.92 Å². The Hall–Kier alpha value is -1.22. The molecule has 3 heteroatoms. The van der Waals surface area contributed by atoms with E-state index >= 15 is 0 Å². The molecule has 0 spiro atoms. The van der Waals surface area contributed by atoms with E-state index in [0.29, 0.717) is 5.92 Å². The summed E-state index contributed by atoms with van der Waals surface area (Å²) in [4.78, 5) is 0. The minimum atomic E-state index is 0.658. The normalized spacial score (nSPS) is 12.6. The summed E-state index contributed by atoms with van der Waals surface area (Å²) in [5.41, 5.74) is 14.4. The van der Waals surface area contributed by atoms with Crippen molar-refractivity contribution in [1.82, 2.24) is 0 Å². The minimum Gasteiger partial charge on any atom is -0.399 e. The zero-order valence-corrected chi connectivity index (χ0v) is 11.6. The van der Waals surface area contributed by atoms with Gasteiger partial charge in [0.25, 0.3) is 0 Å². The minimum absolute atomic E-state index is 0.658. The van der Waals surface area contributed by atoms with Gasteiger partial charge >= 0.3 is 0 Å². The van der Waals surface area contributed by atoms with Gasteiger partial charge in [0.2, 0.25) is 0 Å². The largest absolute Gasteiger partial charge is 0.399 e. The fourth-order valence-electron chi connectivity index (χ4n) is 2.32. The van der Waals surface area contributed by atoms with Crippen LogP contribution in [0, 0.1) is 5.92 Å². The van der Waals surface area contributed by atoms with Crippen LogP contribution >= 0.6 is 0 Å². The molecular weight excluding hydrogens is 224 g/mol. The van der Waals surface area contributed by atoms with Crippen LogP contribution in [0.4, 0.5) is 11.4 Å². The van der Waals surface area contributed by atoms with Gasteiger partial charge in [-0.2, -0.15) is 0 Å². The van der Waals surface area contributed by atoms with Gasteiger partial charge in [0, 0.05) is 25.1 Å². The van der Waals surface area contributed by atoms with Crippen molar-refractivity contribution in [2.24, 2.45) is 5.92 Å². The van der Waals surface area contributed by atoms with Crippen molar-refractivity contribution >= 4 is 11.4 Å². The molecule has 1 rings (SSSR count). The van der Waals surface area contributed by atoms with Crippen molar-refractivity contribution in [3.8, 4) is 0 Å². The van der Waals surface area contributed by atoms with Crippen LogP contribution < -0.4 is 11.5 Å². The summed E-state index contributed by atoms with van der Waals surface area (Å²) in [6.45, 7) is 3.05. The topological polar surface area (TPSA) is 61.3 Å². The van der Waals surface area contributed by atoms with Gasteiger partial charge in [-0.25, -0.2) is 0 Å². The third-order valence-electron chi connectivity index (χ3n) is 3.26. The van der Waals surface area contributed by atoms with E-state index in [4.69, 9.17) is 16.2 Å². The zero-order valence-electron chi connectivity index (χ0n) is 11.6. The first-order chi connectivity index (χ1) is 8.65. The fraction of sp³-hybridized carbons (Fsp3) is 0.600. The van der Waals surface area contributed by atoms with Crippen LogP contribution in [0.1, 0.15) is 38.2 Å². The number of unbranched alkanes of at least 4 members (excludes halogenated alkanes) is 1. The molecule has 0 aliphatic rings. The molecule has 0 saturated carbocycles. The molecular formula is C15H26N2O. The van der Waals surface area contributed by atoms with Gasteiger partial charge in [0.05, 0.1) is 0 Å². The van der Waals surface area contributed by atoms with Crippen LogP contribution in [0.2, 0.25) is 0 Å². The Morgan fingerprint density at radius 3 is 2.33 bits per heavy atom. The smallest absolute Gasteiger partial charge is 0.0465 e. The molecule has 1 unspecified atom stereocenters. The standard InChI is InChI=1S/C15H26N2O/c1-3-4-5-12(6-7-18-2)8-13-9-14(16)11-15(17)10-13/h9-12H,3-8,16-17H2,1-2H3. The molecule has 1 aromatic carbocycles. The van der Waals surface area contributed by atoms with Gasteiger partial charge in [0.1, 0.15) is 0 Å². The SMILES string of the molecule is CCCCC(CCOC)Cc1cc(N)cc(N)c1. The summed E-state index contributed by atoms with van der Waals surface area (Å²) in [6.07, 6.45) is 5.90. The summed E-state index contributed by atoms with van der Waals surface area (Å²) < 4.78 is 5.19. The van der Waals surface area contributed by atoms with E-state index in [1.54, 1.807) is 13.2 Å². The lowest BCUT2D eigenvalue weighted by Crippen LogP contribution is -2.09. The molecule has 0 bridgehead atoms. The Morgan fingerprint density at radius 1 is 1.11 bits per heavy atom. The number of nitrogens with two attached hydrogens (primary N) is 2. The van der Waals surface area contributed by atoms with E-state index in [0.717, 1.165) is 30.8 Å². The molecule has 102 valence electrons. The number of benzene rings is 1. The molecule has 0 aromatic heterocycles. The monoisotopic (exact) mass is 250 g/mol. The van der Waals surface area contributed by atoms with E-state index in [1.807, 2.05) is 12.1 Å². The number of rotatable bonds is 8. The maximum Gasteiger partial charge on any atom is 0.0465 e. The van der Waals surface area contributed by atoms with Gasteiger partial charge in [-0.3, -0.25) is 0 Å². The lowest BCUT2D eigenvalue weighted by atomic mass is 9.91. The number of methoxy groups -OCH3 is 1. The highest BCUT2D eigenvalue weighted by Gasteiger charge is 2.10. The molecule has 3 nitrogen and oxygen atoms in total. The van der Waals surface area contributed by atoms with E-state index in [9.17, 15) is 0 Å². The maximum atomic E-state index is 5.83. The summed E-state index contributed by atoms with van der Waals surface area (Å²) in [5.74, 6) is 0.658. The Kier molecular flexibility index (Phi) is 6.58. The predicted octanol–water partition coefficient (Wildman–Crippen LogP) is 3.24. The fourth-order valence-corrected chi connectivity index (χ4v) is 2.32. The van der Waals surface area contributed by atoms with E-state index in [-0.39, 0.29) is 0 Å². The van der Waals surface area contributed by atoms with Crippen LogP contribution in [0.15, 0.2) is 18.2 Å². The second-order valence-corrected chi connectivity index (χ2v) is 5.00. The Morgan fingerprint density at radius 2 is 1.78 bits per heavy atom. The van der Waals surface area contributed by atoms with Crippen LogP contribution in [0.5, 0.6) is 0 Å². The second kappa shape index (κ2) is 7.98. The highest BCUT2D eigenvalue weighted by molar-refractivity contribution is 5.54. The van der Waals surface area contributed by atoms with Crippen molar-refractivity contribution < 1.29 is 4.74 Å². The lowest BCUT2D eigenvalue weighted by molar-refractivity contribution is 0.174. The van der Waals surface area contributed by atoms with Gasteiger partial charge in [-0.1, -0.05) is 26.2 Å². The second-order valence-electron chi connectivity index (χ2n) is 5.00. The Balaban J connectivity index is 2.62. The van der Waals surface area contributed by atoms with Gasteiger partial charge in [-0.05, 0) is 42.5 Å². The molecule has 0 fully saturated rings. The average Bonchev–Trinajstić information content (AvgIpc) is 2.31. The van der Waals surface area contributed by atoms with Crippen LogP contribution in [-0.4, -0.2) is 13.7 Å². The van der Waals surface area contributed by atoms with Crippen molar-refractivity contribution in [2.75, 3.05) is 25.2 Å². The summed E-state index contributed by atoms with van der Waals surface area (Å²) >= 11 is 0. The molecule has 0 radical (unpaired) electrons. The molecule has 0 heterocycles. The van der Waals surface area contributed by atoms with Gasteiger partial charge < -0.3 is 16.2 Å². The van der Waals surface area contributed by atoms with Crippen molar-refractivity contribution in [2.45, 2.75) is 39.0 Å². The van der Waals surface area contributed by atoms with Crippen LogP contribution in [-0.2, 0) is 11.2 Å². The molecule has 1 aromatic rings. The Bertz CT molecular complexity index is 324. The van der Waals surface area contributed by atoms with Crippen LogP contribution in [0.3, 0.4) is 0 Å². The van der Waals surface area contributed by atoms with Crippen molar-refractivity contribution in [1.29, 1.82) is 0 Å². The first kappa shape index (κ1) is 14.8. The summed E-state index contributed by atoms with van der Waals surface area (Å²) in [7, 11) is 1.76. The quantitative estimate of drug-likeness (QED) is 0.696. The molecule has 0 saturated heterocycles. The highest BCUT2D eigenvalue weighted by Crippen LogP contribution is 2.22. The average molecular weight is 250 g/mol. The lowest BCUT2D eigenvalue weighted by Gasteiger charge is -2.17. The number of hydrogen-bond donors (Lipinski definition) is 2. The third kappa shape index (κ3) is 5.41. The molecule has 18 heavy (non-hydrogen) atoms. The van der Waals surface area contributed by atoms with Crippen LogP contribution in [0.25, 0.3) is 0 Å². The first-order valence-electron chi connectivity index (χ1n) is 6.79. The number of anilines is 2. The molecule has 1 atom stereocenters. The summed E-state index contributed by atoms with van der Waals surface area (Å²) in [6, 6.07) is 5.87. The number of nitrogen functional groups attached to an aromatic ring is 2. The first-order valence-corrected chi connectivity index (χ1v) is 6.79. The zero-order chi connectivity index (χ0) is 13.4. The molecule has 0 aliphatic carbocycles. The van der Waals surface area contributed by atoms with E-state index < -0.39 is 0 Å². The highest BCUT2D eigenvalue weighted by atomic mass is 16.5. The van der Waals surface area contributed by atoms with E-state index in [1.165, 1.54) is 24.8 Å². The van der Waals surface area contributed by atoms with Crippen molar-refractivity contribution in [3.05, 3.63) is 23.8 Å². The predicted molar refractivity (Wildman–Crippen MR) is 78.5 cm³/mol. The third-order valence-corrected chi connectivity index (χ3v) is 3.26. The molecule has 0 amide bonds. The number of ether oxygens (including phenoxy) is 1. The Labute approximate surface area is 111 Å². The molecule has 4 N–H and O–H groups in total. The maximum absolute atomic E-state index is 5.83. The van der Waals surface area contributed by atoms with Crippen molar-refractivity contribution in [3.63, 3.8) is 0 Å².